The SMILES string of the molecule is OC[C@H](CS)CC(F)(F)F. The molecule has 1 atom stereocenters. The lowest BCUT2D eigenvalue weighted by Gasteiger charge is -2.12. The van der Waals surface area contributed by atoms with E-state index in [1.54, 1.807) is 0 Å². The maximum Gasteiger partial charge on any atom is 0.389 e. The molecule has 0 heterocycles. The molecule has 10 heavy (non-hydrogen) atoms. The Bertz CT molecular complexity index is 89.4. The Hall–Kier alpha value is 0.100. The van der Waals surface area contributed by atoms with Gasteiger partial charge < -0.3 is 5.11 Å². The van der Waals surface area contributed by atoms with Crippen LogP contribution in [-0.4, -0.2) is 23.6 Å². The zero-order valence-electron chi connectivity index (χ0n) is 5.23. The van der Waals surface area contributed by atoms with Gasteiger partial charge in [0.1, 0.15) is 0 Å². The predicted octanol–water partition coefficient (Wildman–Crippen LogP) is 1.48. The lowest BCUT2D eigenvalue weighted by Crippen LogP contribution is -2.19. The fraction of sp³-hybridized carbons (Fsp3) is 1.00. The molecule has 0 amide bonds. The minimum Gasteiger partial charge on any atom is -0.396 e. The molecule has 0 bridgehead atoms. The smallest absolute Gasteiger partial charge is 0.389 e. The Kier molecular flexibility index (Phi) is 4.12. The van der Waals surface area contributed by atoms with Crippen molar-refractivity contribution < 1.29 is 18.3 Å². The predicted molar refractivity (Wildman–Crippen MR) is 35.1 cm³/mol. The molecule has 0 unspecified atom stereocenters. The Labute approximate surface area is 62.6 Å². The van der Waals surface area contributed by atoms with Gasteiger partial charge in [-0.2, -0.15) is 25.8 Å². The molecule has 1 N–H and O–H groups in total. The molecular weight excluding hydrogens is 165 g/mol. The highest BCUT2D eigenvalue weighted by molar-refractivity contribution is 7.80. The first-order valence-electron chi connectivity index (χ1n) is 2.78. The molecule has 0 aliphatic carbocycles. The van der Waals surface area contributed by atoms with Crippen LogP contribution in [0, 0.1) is 5.92 Å². The number of hydrogen-bond donors (Lipinski definition) is 2. The zero-order valence-corrected chi connectivity index (χ0v) is 6.12. The molecule has 0 rings (SSSR count). The third kappa shape index (κ3) is 4.93. The summed E-state index contributed by atoms with van der Waals surface area (Å²) in [5.74, 6) is -0.695. The molecule has 0 aliphatic heterocycles. The third-order valence-corrected chi connectivity index (χ3v) is 1.55. The van der Waals surface area contributed by atoms with Crippen LogP contribution in [-0.2, 0) is 0 Å². The summed E-state index contributed by atoms with van der Waals surface area (Å²) in [6, 6.07) is 0. The number of hydrogen-bond acceptors (Lipinski definition) is 2. The number of aliphatic hydroxyl groups is 1. The Morgan fingerprint density at radius 1 is 1.40 bits per heavy atom. The van der Waals surface area contributed by atoms with E-state index in [0.717, 1.165) is 0 Å². The molecule has 0 fully saturated rings. The summed E-state index contributed by atoms with van der Waals surface area (Å²) in [4.78, 5) is 0. The lowest BCUT2D eigenvalue weighted by molar-refractivity contribution is -0.145. The van der Waals surface area contributed by atoms with Gasteiger partial charge in [-0.15, -0.1) is 0 Å². The van der Waals surface area contributed by atoms with Gasteiger partial charge in [-0.25, -0.2) is 0 Å². The van der Waals surface area contributed by atoms with Crippen LogP contribution in [0.3, 0.4) is 0 Å². The molecule has 0 aromatic heterocycles. The van der Waals surface area contributed by atoms with E-state index >= 15 is 0 Å². The van der Waals surface area contributed by atoms with E-state index in [-0.39, 0.29) is 5.75 Å². The largest absolute Gasteiger partial charge is 0.396 e. The molecule has 0 saturated heterocycles. The molecule has 0 spiro atoms. The van der Waals surface area contributed by atoms with Crippen molar-refractivity contribution >= 4 is 12.6 Å². The minimum absolute atomic E-state index is 0.0655. The van der Waals surface area contributed by atoms with E-state index in [1.165, 1.54) is 0 Å². The molecule has 0 aliphatic rings. The molecule has 1 nitrogen and oxygen atoms in total. The van der Waals surface area contributed by atoms with Gasteiger partial charge in [-0.05, 0) is 11.7 Å². The Morgan fingerprint density at radius 3 is 2.00 bits per heavy atom. The van der Waals surface area contributed by atoms with Gasteiger partial charge in [-0.1, -0.05) is 0 Å². The van der Waals surface area contributed by atoms with E-state index < -0.39 is 25.1 Å². The number of aliphatic hydroxyl groups excluding tert-OH is 1. The lowest BCUT2D eigenvalue weighted by atomic mass is 10.1. The van der Waals surface area contributed by atoms with Crippen molar-refractivity contribution in [3.05, 3.63) is 0 Å². The average Bonchev–Trinajstić information content (AvgIpc) is 1.81. The van der Waals surface area contributed by atoms with Crippen molar-refractivity contribution in [3.63, 3.8) is 0 Å². The summed E-state index contributed by atoms with van der Waals surface area (Å²) in [5, 5.41) is 8.34. The topological polar surface area (TPSA) is 20.2 Å². The number of thiol groups is 1. The maximum absolute atomic E-state index is 11.5. The minimum atomic E-state index is -4.18. The van der Waals surface area contributed by atoms with Gasteiger partial charge in [0.15, 0.2) is 0 Å². The molecule has 0 aromatic carbocycles. The molecule has 5 heteroatoms. The third-order valence-electron chi connectivity index (χ3n) is 1.04. The highest BCUT2D eigenvalue weighted by Gasteiger charge is 2.30. The van der Waals surface area contributed by atoms with Crippen LogP contribution in [0.2, 0.25) is 0 Å². The van der Waals surface area contributed by atoms with E-state index in [4.69, 9.17) is 5.11 Å². The van der Waals surface area contributed by atoms with Gasteiger partial charge in [0.2, 0.25) is 0 Å². The van der Waals surface area contributed by atoms with E-state index in [9.17, 15) is 13.2 Å². The second-order valence-electron chi connectivity index (χ2n) is 2.05. The zero-order chi connectivity index (χ0) is 8.20. The van der Waals surface area contributed by atoms with Gasteiger partial charge in [-0.3, -0.25) is 0 Å². The molecule has 0 saturated carbocycles. The fourth-order valence-electron chi connectivity index (χ4n) is 0.514. The van der Waals surface area contributed by atoms with Crippen LogP contribution in [0.1, 0.15) is 6.42 Å². The summed E-state index contributed by atoms with van der Waals surface area (Å²) >= 11 is 3.65. The van der Waals surface area contributed by atoms with Crippen molar-refractivity contribution in [2.24, 2.45) is 5.92 Å². The van der Waals surface area contributed by atoms with Gasteiger partial charge in [0, 0.05) is 13.0 Å². The van der Waals surface area contributed by atoms with Crippen molar-refractivity contribution in [2.45, 2.75) is 12.6 Å². The second kappa shape index (κ2) is 4.08. The summed E-state index contributed by atoms with van der Waals surface area (Å²) in [5.41, 5.74) is 0. The molecule has 62 valence electrons. The second-order valence-corrected chi connectivity index (χ2v) is 2.42. The van der Waals surface area contributed by atoms with Crippen molar-refractivity contribution in [2.75, 3.05) is 12.4 Å². The van der Waals surface area contributed by atoms with Gasteiger partial charge in [0.05, 0.1) is 0 Å². The van der Waals surface area contributed by atoms with Crippen LogP contribution < -0.4 is 0 Å². The average molecular weight is 174 g/mol. The first-order chi connectivity index (χ1) is 4.49. The van der Waals surface area contributed by atoms with E-state index in [2.05, 4.69) is 12.6 Å². The number of halogens is 3. The Morgan fingerprint density at radius 2 is 1.90 bits per heavy atom. The number of rotatable bonds is 3. The van der Waals surface area contributed by atoms with Crippen molar-refractivity contribution in [1.29, 1.82) is 0 Å². The van der Waals surface area contributed by atoms with Crippen LogP contribution >= 0.6 is 12.6 Å². The van der Waals surface area contributed by atoms with Gasteiger partial charge >= 0.3 is 6.18 Å². The molecule has 0 radical (unpaired) electrons. The van der Waals surface area contributed by atoms with Crippen LogP contribution in [0.4, 0.5) is 13.2 Å². The normalized spacial score (nSPS) is 15.3. The van der Waals surface area contributed by atoms with Crippen LogP contribution in [0.15, 0.2) is 0 Å². The number of alkyl halides is 3. The van der Waals surface area contributed by atoms with Crippen LogP contribution in [0.5, 0.6) is 0 Å². The quantitative estimate of drug-likeness (QED) is 0.621. The summed E-state index contributed by atoms with van der Waals surface area (Å²) in [7, 11) is 0. The van der Waals surface area contributed by atoms with E-state index in [0.29, 0.717) is 0 Å². The molecular formula is C5H9F3OS. The first-order valence-corrected chi connectivity index (χ1v) is 3.41. The summed E-state index contributed by atoms with van der Waals surface area (Å²) in [6.07, 6.45) is -5.14. The first kappa shape index (κ1) is 10.1. The van der Waals surface area contributed by atoms with Crippen LogP contribution in [0.25, 0.3) is 0 Å². The molecule has 0 aromatic rings. The summed E-state index contributed by atoms with van der Waals surface area (Å²) in [6.45, 7) is -0.455. The monoisotopic (exact) mass is 174 g/mol. The fourth-order valence-corrected chi connectivity index (χ4v) is 0.759. The highest BCUT2D eigenvalue weighted by Crippen LogP contribution is 2.24. The van der Waals surface area contributed by atoms with E-state index in [1.807, 2.05) is 0 Å². The maximum atomic E-state index is 11.5. The van der Waals surface area contributed by atoms with Crippen molar-refractivity contribution in [3.8, 4) is 0 Å². The Balaban J connectivity index is 3.63. The summed E-state index contributed by atoms with van der Waals surface area (Å²) < 4.78 is 34.6. The standard InChI is InChI=1S/C5H9F3OS/c6-5(7,8)1-4(2-9)3-10/h4,9-10H,1-3H2/t4-/m1/s1. The van der Waals surface area contributed by atoms with Crippen molar-refractivity contribution in [1.82, 2.24) is 0 Å². The highest BCUT2D eigenvalue weighted by atomic mass is 32.1. The van der Waals surface area contributed by atoms with Gasteiger partial charge in [0.25, 0.3) is 0 Å².